The van der Waals surface area contributed by atoms with Crippen molar-refractivity contribution in [1.29, 1.82) is 0 Å². The third kappa shape index (κ3) is 3.65. The number of allylic oxidation sites excluding steroid dienone is 1. The van der Waals surface area contributed by atoms with E-state index in [1.54, 1.807) is 0 Å². The van der Waals surface area contributed by atoms with Gasteiger partial charge in [0, 0.05) is 0 Å². The van der Waals surface area contributed by atoms with Gasteiger partial charge in [-0.05, 0) is 13.8 Å². The van der Waals surface area contributed by atoms with Gasteiger partial charge in [0.1, 0.15) is 11.7 Å². The van der Waals surface area contributed by atoms with Gasteiger partial charge < -0.3 is 20.8 Å². The minimum atomic E-state index is -1.65. The Balaban J connectivity index is 0. The van der Waals surface area contributed by atoms with Crippen LogP contribution in [0.1, 0.15) is 13.8 Å². The van der Waals surface area contributed by atoms with Crippen molar-refractivity contribution in [3.8, 4) is 0 Å². The number of carbonyl (C=O) groups excluding carboxylic acids is 1. The minimum absolute atomic E-state index is 0. The Kier molecular flexibility index (Phi) is 6.80. The Morgan fingerprint density at radius 3 is 1.93 bits per heavy atom. The van der Waals surface area contributed by atoms with Crippen LogP contribution in [0.5, 0.6) is 0 Å². The summed E-state index contributed by atoms with van der Waals surface area (Å²) in [6.07, 6.45) is -1.65. The van der Waals surface area contributed by atoms with E-state index in [1.165, 1.54) is 13.8 Å². The van der Waals surface area contributed by atoms with Gasteiger partial charge in [0.15, 0.2) is 0 Å². The maximum atomic E-state index is 11.1. The number of Topliss-reactive ketones (excluding diaryl/α,β-unsaturated/α-hetero) is 1. The van der Waals surface area contributed by atoms with E-state index in [0.717, 1.165) is 0 Å². The van der Waals surface area contributed by atoms with Crippen molar-refractivity contribution in [2.24, 2.45) is 0 Å². The van der Waals surface area contributed by atoms with Crippen LogP contribution in [0.3, 0.4) is 0 Å². The molecule has 1 atom stereocenters. The van der Waals surface area contributed by atoms with E-state index < -0.39 is 30.0 Å². The molecule has 0 aliphatic heterocycles. The van der Waals surface area contributed by atoms with Crippen molar-refractivity contribution in [2.75, 3.05) is 6.61 Å². The molecular formula is C8H14O6. The fourth-order valence-corrected chi connectivity index (χ4v) is 0.815. The Labute approximate surface area is 80.8 Å². The van der Waals surface area contributed by atoms with Crippen molar-refractivity contribution in [2.45, 2.75) is 20.0 Å². The number of carboxylic acid groups (broad SMARTS) is 1. The van der Waals surface area contributed by atoms with Crippen LogP contribution in [0.25, 0.3) is 0 Å². The number of carboxylic acids is 1. The fraction of sp³-hybridized carbons (Fsp3) is 0.500. The first kappa shape index (κ1) is 15.2. The van der Waals surface area contributed by atoms with Crippen molar-refractivity contribution >= 4 is 11.8 Å². The van der Waals surface area contributed by atoms with Crippen LogP contribution in [0.2, 0.25) is 0 Å². The number of aliphatic hydroxyl groups excluding tert-OH is 2. The predicted octanol–water partition coefficient (Wildman–Crippen LogP) is -1.49. The van der Waals surface area contributed by atoms with Gasteiger partial charge >= 0.3 is 5.97 Å². The molecule has 1 unspecified atom stereocenters. The van der Waals surface area contributed by atoms with Crippen molar-refractivity contribution in [3.63, 3.8) is 0 Å². The predicted molar refractivity (Wildman–Crippen MR) is 47.7 cm³/mol. The molecule has 0 spiro atoms. The molecule has 5 N–H and O–H groups in total. The minimum Gasteiger partial charge on any atom is -0.478 e. The molecule has 0 aromatic carbocycles. The molecule has 0 radical (unpaired) electrons. The first-order valence-corrected chi connectivity index (χ1v) is 3.65. The van der Waals surface area contributed by atoms with Gasteiger partial charge in [0.25, 0.3) is 0 Å². The highest BCUT2D eigenvalue weighted by molar-refractivity contribution is 6.18. The van der Waals surface area contributed by atoms with Gasteiger partial charge in [-0.15, -0.1) is 0 Å². The van der Waals surface area contributed by atoms with Crippen LogP contribution >= 0.6 is 0 Å². The number of aliphatic hydroxyl groups is 2. The summed E-state index contributed by atoms with van der Waals surface area (Å²) in [7, 11) is 0. The summed E-state index contributed by atoms with van der Waals surface area (Å²) < 4.78 is 0. The molecule has 0 aromatic rings. The normalized spacial score (nSPS) is 11.1. The number of rotatable bonds is 4. The van der Waals surface area contributed by atoms with Crippen LogP contribution in [-0.4, -0.2) is 45.3 Å². The molecule has 0 fully saturated rings. The maximum absolute atomic E-state index is 11.1. The molecule has 0 saturated heterocycles. The third-order valence-corrected chi connectivity index (χ3v) is 1.44. The summed E-state index contributed by atoms with van der Waals surface area (Å²) >= 11 is 0. The number of ketones is 1. The maximum Gasteiger partial charge on any atom is 0.339 e. The second-order valence-corrected chi connectivity index (χ2v) is 2.74. The summed E-state index contributed by atoms with van der Waals surface area (Å²) in [5, 5.41) is 25.9. The molecule has 14 heavy (non-hydrogen) atoms. The number of hydrogen-bond acceptors (Lipinski definition) is 4. The van der Waals surface area contributed by atoms with Crippen LogP contribution in [0.15, 0.2) is 11.1 Å². The number of aliphatic carboxylic acids is 1. The summed E-state index contributed by atoms with van der Waals surface area (Å²) in [5.74, 6) is -2.35. The molecule has 0 aromatic heterocycles. The van der Waals surface area contributed by atoms with Crippen LogP contribution in [0, 0.1) is 0 Å². The van der Waals surface area contributed by atoms with E-state index in [2.05, 4.69) is 0 Å². The highest BCUT2D eigenvalue weighted by Crippen LogP contribution is 2.07. The smallest absolute Gasteiger partial charge is 0.339 e. The van der Waals surface area contributed by atoms with E-state index in [0.29, 0.717) is 5.57 Å². The van der Waals surface area contributed by atoms with Crippen LogP contribution in [-0.2, 0) is 9.59 Å². The average molecular weight is 206 g/mol. The molecule has 0 heterocycles. The van der Waals surface area contributed by atoms with Crippen molar-refractivity contribution in [3.05, 3.63) is 11.1 Å². The monoisotopic (exact) mass is 206 g/mol. The van der Waals surface area contributed by atoms with E-state index >= 15 is 0 Å². The topological polar surface area (TPSA) is 126 Å². The zero-order chi connectivity index (χ0) is 10.6. The zero-order valence-electron chi connectivity index (χ0n) is 7.94. The molecule has 0 aliphatic rings. The second-order valence-electron chi connectivity index (χ2n) is 2.74. The summed E-state index contributed by atoms with van der Waals surface area (Å²) in [6, 6.07) is 0. The molecule has 82 valence electrons. The third-order valence-electron chi connectivity index (χ3n) is 1.44. The van der Waals surface area contributed by atoms with Gasteiger partial charge in [0.05, 0.1) is 6.61 Å². The average Bonchev–Trinajstić information content (AvgIpc) is 2.01. The zero-order valence-corrected chi connectivity index (χ0v) is 7.94. The molecular weight excluding hydrogens is 192 g/mol. The summed E-state index contributed by atoms with van der Waals surface area (Å²) in [6.45, 7) is 2.12. The molecule has 0 rings (SSSR count). The van der Waals surface area contributed by atoms with E-state index in [1.807, 2.05) is 0 Å². The van der Waals surface area contributed by atoms with Gasteiger partial charge in [-0.2, -0.15) is 0 Å². The Bertz CT molecular complexity index is 251. The second kappa shape index (κ2) is 6.25. The highest BCUT2D eigenvalue weighted by atomic mass is 16.4. The molecule has 0 saturated carbocycles. The van der Waals surface area contributed by atoms with Gasteiger partial charge in [-0.1, -0.05) is 5.57 Å². The van der Waals surface area contributed by atoms with Gasteiger partial charge in [-0.3, -0.25) is 4.79 Å². The SMILES string of the molecule is CC(C)=C(C(=O)O)C(=O)C(O)CO.O. The van der Waals surface area contributed by atoms with Crippen LogP contribution < -0.4 is 0 Å². The van der Waals surface area contributed by atoms with E-state index in [9.17, 15) is 9.59 Å². The van der Waals surface area contributed by atoms with Crippen molar-refractivity contribution in [1.82, 2.24) is 0 Å². The molecule has 0 aliphatic carbocycles. The molecule has 0 bridgehead atoms. The fourth-order valence-electron chi connectivity index (χ4n) is 0.815. The standard InChI is InChI=1S/C8H12O5.H2O/c1-4(2)6(8(12)13)7(11)5(10)3-9;/h5,9-10H,3H2,1-2H3,(H,12,13);1H2. The molecule has 6 nitrogen and oxygen atoms in total. The lowest BCUT2D eigenvalue weighted by molar-refractivity contribution is -0.136. The molecule has 0 amide bonds. The van der Waals surface area contributed by atoms with Gasteiger partial charge in [-0.25, -0.2) is 4.79 Å². The first-order chi connectivity index (χ1) is 5.91. The van der Waals surface area contributed by atoms with Gasteiger partial charge in [0.2, 0.25) is 5.78 Å². The summed E-state index contributed by atoms with van der Waals surface area (Å²) in [4.78, 5) is 21.6. The van der Waals surface area contributed by atoms with Crippen molar-refractivity contribution < 1.29 is 30.4 Å². The largest absolute Gasteiger partial charge is 0.478 e. The number of hydrogen-bond donors (Lipinski definition) is 3. The van der Waals surface area contributed by atoms with E-state index in [-0.39, 0.29) is 5.48 Å². The lowest BCUT2D eigenvalue weighted by atomic mass is 10.0. The highest BCUT2D eigenvalue weighted by Gasteiger charge is 2.24. The molecule has 6 heteroatoms. The Hall–Kier alpha value is -1.24. The Morgan fingerprint density at radius 1 is 1.29 bits per heavy atom. The quantitative estimate of drug-likeness (QED) is 0.293. The van der Waals surface area contributed by atoms with Crippen LogP contribution in [0.4, 0.5) is 0 Å². The first-order valence-electron chi connectivity index (χ1n) is 3.65. The number of carbonyl (C=O) groups is 2. The lowest BCUT2D eigenvalue weighted by Gasteiger charge is -2.07. The lowest BCUT2D eigenvalue weighted by Crippen LogP contribution is -2.29. The summed E-state index contributed by atoms with van der Waals surface area (Å²) in [5.41, 5.74) is -0.174. The Morgan fingerprint density at radius 2 is 1.71 bits per heavy atom. The van der Waals surface area contributed by atoms with E-state index in [4.69, 9.17) is 15.3 Å².